The Hall–Kier alpha value is -2.14. The molecule has 1 amide bonds. The fourth-order valence-corrected chi connectivity index (χ4v) is 3.16. The first-order chi connectivity index (χ1) is 9.63. The largest absolute Gasteiger partial charge is 0.477 e. The molecule has 0 aliphatic heterocycles. The number of anilines is 1. The van der Waals surface area contributed by atoms with Crippen molar-refractivity contribution in [2.45, 2.75) is 19.3 Å². The average Bonchev–Trinajstić information content (AvgIpc) is 3.05. The van der Waals surface area contributed by atoms with Crippen molar-refractivity contribution < 1.29 is 14.7 Å². The van der Waals surface area contributed by atoms with Crippen molar-refractivity contribution in [3.8, 4) is 0 Å². The molecule has 0 spiro atoms. The Balaban J connectivity index is 1.77. The summed E-state index contributed by atoms with van der Waals surface area (Å²) in [4.78, 5) is 23.2. The van der Waals surface area contributed by atoms with Gasteiger partial charge in [-0.05, 0) is 54.7 Å². The second-order valence-electron chi connectivity index (χ2n) is 4.76. The number of carboxylic acids is 1. The molecule has 2 N–H and O–H groups in total. The van der Waals surface area contributed by atoms with Gasteiger partial charge in [0.1, 0.15) is 4.88 Å². The summed E-state index contributed by atoms with van der Waals surface area (Å²) in [5.41, 5.74) is 3.19. The lowest BCUT2D eigenvalue weighted by Gasteiger charge is -2.05. The van der Waals surface area contributed by atoms with Crippen LogP contribution in [0, 0.1) is 0 Å². The van der Waals surface area contributed by atoms with E-state index in [1.165, 1.54) is 17.2 Å². The summed E-state index contributed by atoms with van der Waals surface area (Å²) in [6, 6.07) is 8.87. The van der Waals surface area contributed by atoms with Gasteiger partial charge in [0, 0.05) is 5.56 Å². The van der Waals surface area contributed by atoms with Crippen molar-refractivity contribution in [2.24, 2.45) is 0 Å². The Labute approximate surface area is 120 Å². The summed E-state index contributed by atoms with van der Waals surface area (Å²) in [5, 5.41) is 12.1. The van der Waals surface area contributed by atoms with Crippen molar-refractivity contribution in [3.63, 3.8) is 0 Å². The number of rotatable bonds is 3. The summed E-state index contributed by atoms with van der Waals surface area (Å²) in [7, 11) is 0. The van der Waals surface area contributed by atoms with E-state index in [1.54, 1.807) is 6.07 Å². The Kier molecular flexibility index (Phi) is 3.28. The minimum absolute atomic E-state index is 0.196. The number of fused-ring (bicyclic) bond motifs is 1. The number of carboxylic acid groups (broad SMARTS) is 1. The highest BCUT2D eigenvalue weighted by Gasteiger charge is 2.15. The van der Waals surface area contributed by atoms with Crippen LogP contribution in [-0.2, 0) is 12.8 Å². The molecule has 0 radical (unpaired) electrons. The zero-order valence-electron chi connectivity index (χ0n) is 10.7. The first kappa shape index (κ1) is 12.9. The van der Waals surface area contributed by atoms with E-state index < -0.39 is 5.97 Å². The van der Waals surface area contributed by atoms with Gasteiger partial charge in [-0.3, -0.25) is 4.79 Å². The lowest BCUT2D eigenvalue weighted by molar-refractivity contribution is 0.0702. The number of hydrogen-bond donors (Lipinski definition) is 2. The van der Waals surface area contributed by atoms with E-state index in [0.29, 0.717) is 10.6 Å². The quantitative estimate of drug-likeness (QED) is 0.911. The van der Waals surface area contributed by atoms with E-state index in [9.17, 15) is 9.59 Å². The van der Waals surface area contributed by atoms with Crippen LogP contribution in [-0.4, -0.2) is 17.0 Å². The molecule has 0 unspecified atom stereocenters. The second-order valence-corrected chi connectivity index (χ2v) is 5.84. The molecule has 1 aromatic heterocycles. The molecule has 2 aromatic rings. The number of hydrogen-bond acceptors (Lipinski definition) is 3. The van der Waals surface area contributed by atoms with Gasteiger partial charge in [-0.15, -0.1) is 11.3 Å². The van der Waals surface area contributed by atoms with Crippen LogP contribution >= 0.6 is 11.3 Å². The minimum Gasteiger partial charge on any atom is -0.477 e. The van der Waals surface area contributed by atoms with E-state index in [-0.39, 0.29) is 10.8 Å². The van der Waals surface area contributed by atoms with E-state index in [2.05, 4.69) is 5.32 Å². The Bertz CT molecular complexity index is 690. The van der Waals surface area contributed by atoms with Gasteiger partial charge in [0.15, 0.2) is 0 Å². The molecule has 3 rings (SSSR count). The summed E-state index contributed by atoms with van der Waals surface area (Å²) in [6.07, 6.45) is 3.26. The SMILES string of the molecule is O=C(Nc1ccc(C(=O)O)s1)c1ccc2c(c1)CCC2. The molecule has 1 heterocycles. The molecular formula is C15H13NO3S. The topological polar surface area (TPSA) is 66.4 Å². The average molecular weight is 287 g/mol. The van der Waals surface area contributed by atoms with Crippen LogP contribution in [0.2, 0.25) is 0 Å². The number of carbonyl (C=O) groups is 2. The summed E-state index contributed by atoms with van der Waals surface area (Å²) in [6.45, 7) is 0. The van der Waals surface area contributed by atoms with Crippen LogP contribution in [0.1, 0.15) is 37.6 Å². The van der Waals surface area contributed by atoms with Gasteiger partial charge in [0.2, 0.25) is 0 Å². The lowest BCUT2D eigenvalue weighted by atomic mass is 10.1. The maximum atomic E-state index is 12.1. The second kappa shape index (κ2) is 5.09. The molecule has 0 atom stereocenters. The lowest BCUT2D eigenvalue weighted by Crippen LogP contribution is -2.11. The molecule has 102 valence electrons. The Morgan fingerprint density at radius 1 is 1.10 bits per heavy atom. The molecule has 5 heteroatoms. The number of aryl methyl sites for hydroxylation is 2. The van der Waals surface area contributed by atoms with Gasteiger partial charge < -0.3 is 10.4 Å². The Morgan fingerprint density at radius 3 is 2.65 bits per heavy atom. The highest BCUT2D eigenvalue weighted by atomic mass is 32.1. The summed E-state index contributed by atoms with van der Waals surface area (Å²) < 4.78 is 0. The van der Waals surface area contributed by atoms with Gasteiger partial charge in [0.25, 0.3) is 5.91 Å². The molecule has 0 bridgehead atoms. The molecular weight excluding hydrogens is 274 g/mol. The molecule has 20 heavy (non-hydrogen) atoms. The van der Waals surface area contributed by atoms with Crippen LogP contribution in [0.4, 0.5) is 5.00 Å². The van der Waals surface area contributed by atoms with Crippen LogP contribution in [0.5, 0.6) is 0 Å². The van der Waals surface area contributed by atoms with Crippen molar-refractivity contribution in [1.82, 2.24) is 0 Å². The van der Waals surface area contributed by atoms with E-state index in [1.807, 2.05) is 18.2 Å². The van der Waals surface area contributed by atoms with Gasteiger partial charge in [-0.1, -0.05) is 6.07 Å². The van der Waals surface area contributed by atoms with Crippen LogP contribution in [0.3, 0.4) is 0 Å². The number of aromatic carboxylic acids is 1. The first-order valence-corrected chi connectivity index (χ1v) is 7.21. The van der Waals surface area contributed by atoms with Crippen molar-refractivity contribution in [2.75, 3.05) is 5.32 Å². The standard InChI is InChI=1S/C15H13NO3S/c17-14(16-13-7-6-12(20-13)15(18)19)11-5-4-9-2-1-3-10(9)8-11/h4-8H,1-3H2,(H,16,17)(H,18,19). The zero-order chi connectivity index (χ0) is 14.1. The summed E-state index contributed by atoms with van der Waals surface area (Å²) in [5.74, 6) is -1.17. The van der Waals surface area contributed by atoms with Gasteiger partial charge in [-0.25, -0.2) is 4.79 Å². The third-order valence-electron chi connectivity index (χ3n) is 3.41. The molecule has 0 fully saturated rings. The zero-order valence-corrected chi connectivity index (χ0v) is 11.5. The predicted molar refractivity (Wildman–Crippen MR) is 77.7 cm³/mol. The van der Waals surface area contributed by atoms with E-state index in [0.717, 1.165) is 30.6 Å². The Morgan fingerprint density at radius 2 is 1.90 bits per heavy atom. The third kappa shape index (κ3) is 2.44. The number of thiophene rings is 1. The highest BCUT2D eigenvalue weighted by Crippen LogP contribution is 2.25. The monoisotopic (exact) mass is 287 g/mol. The third-order valence-corrected chi connectivity index (χ3v) is 4.40. The number of benzene rings is 1. The first-order valence-electron chi connectivity index (χ1n) is 6.40. The highest BCUT2D eigenvalue weighted by molar-refractivity contribution is 7.18. The van der Waals surface area contributed by atoms with Crippen molar-refractivity contribution in [3.05, 3.63) is 51.9 Å². The fourth-order valence-electron chi connectivity index (χ4n) is 2.42. The maximum Gasteiger partial charge on any atom is 0.345 e. The molecule has 1 aromatic carbocycles. The fraction of sp³-hybridized carbons (Fsp3) is 0.200. The van der Waals surface area contributed by atoms with Crippen LogP contribution in [0.15, 0.2) is 30.3 Å². The van der Waals surface area contributed by atoms with E-state index >= 15 is 0 Å². The predicted octanol–water partition coefficient (Wildman–Crippen LogP) is 3.19. The van der Waals surface area contributed by atoms with Gasteiger partial charge in [0.05, 0.1) is 5.00 Å². The van der Waals surface area contributed by atoms with Crippen LogP contribution < -0.4 is 5.32 Å². The van der Waals surface area contributed by atoms with Gasteiger partial charge in [-0.2, -0.15) is 0 Å². The molecule has 0 saturated heterocycles. The van der Waals surface area contributed by atoms with E-state index in [4.69, 9.17) is 5.11 Å². The molecule has 4 nitrogen and oxygen atoms in total. The number of amides is 1. The molecule has 1 aliphatic carbocycles. The molecule has 1 aliphatic rings. The normalized spacial score (nSPS) is 13.0. The number of carbonyl (C=O) groups excluding carboxylic acids is 1. The number of nitrogens with one attached hydrogen (secondary N) is 1. The maximum absolute atomic E-state index is 12.1. The summed E-state index contributed by atoms with van der Waals surface area (Å²) >= 11 is 1.06. The smallest absolute Gasteiger partial charge is 0.345 e. The van der Waals surface area contributed by atoms with Crippen molar-refractivity contribution in [1.29, 1.82) is 0 Å². The minimum atomic E-state index is -0.979. The van der Waals surface area contributed by atoms with Crippen molar-refractivity contribution >= 4 is 28.2 Å². The van der Waals surface area contributed by atoms with Gasteiger partial charge >= 0.3 is 5.97 Å². The molecule has 0 saturated carbocycles. The van der Waals surface area contributed by atoms with Crippen LogP contribution in [0.25, 0.3) is 0 Å².